The van der Waals surface area contributed by atoms with Crippen molar-refractivity contribution in [1.29, 1.82) is 0 Å². The second-order valence-electron chi connectivity index (χ2n) is 6.36. The number of rotatable bonds is 7. The highest BCUT2D eigenvalue weighted by Crippen LogP contribution is 2.35. The Balaban J connectivity index is 0.00000150. The first-order valence-electron chi connectivity index (χ1n) is 8.89. The fourth-order valence-corrected chi connectivity index (χ4v) is 4.31. The van der Waals surface area contributed by atoms with Crippen LogP contribution in [0.2, 0.25) is 0 Å². The van der Waals surface area contributed by atoms with Crippen molar-refractivity contribution in [3.05, 3.63) is 41.0 Å². The molecular weight excluding hydrogens is 435 g/mol. The Morgan fingerprint density at radius 2 is 2.10 bits per heavy atom. The van der Waals surface area contributed by atoms with E-state index in [0.29, 0.717) is 12.3 Å². The van der Waals surface area contributed by atoms with E-state index in [0.717, 1.165) is 41.3 Å². The number of aliphatic hydroxyl groups is 1. The first-order valence-corrected chi connectivity index (χ1v) is 9.71. The first kappa shape index (κ1) is 23.4. The quantitative estimate of drug-likeness (QED) is 0.501. The number of hydrogen-bond donors (Lipinski definition) is 3. The summed E-state index contributed by atoms with van der Waals surface area (Å²) >= 11 is 1.71. The van der Waals surface area contributed by atoms with Crippen LogP contribution in [0.4, 0.5) is 5.82 Å². The van der Waals surface area contributed by atoms with E-state index in [9.17, 15) is 5.11 Å². The summed E-state index contributed by atoms with van der Waals surface area (Å²) in [7, 11) is 1.61. The Morgan fingerprint density at radius 3 is 2.93 bits per heavy atom. The minimum atomic E-state index is -0.669. The number of methoxy groups -OCH3 is 1. The summed E-state index contributed by atoms with van der Waals surface area (Å²) in [5.74, 6) is 2.16. The predicted molar refractivity (Wildman–Crippen MR) is 120 cm³/mol. The van der Waals surface area contributed by atoms with Gasteiger partial charge >= 0.3 is 0 Å². The highest BCUT2D eigenvalue weighted by Gasteiger charge is 2.20. The highest BCUT2D eigenvalue weighted by molar-refractivity contribution is 7.18. The van der Waals surface area contributed by atoms with E-state index < -0.39 is 6.10 Å². The van der Waals surface area contributed by atoms with Crippen LogP contribution in [-0.2, 0) is 13.0 Å². The summed E-state index contributed by atoms with van der Waals surface area (Å²) in [6, 6.07) is 7.33. The Labute approximate surface area is 185 Å². The van der Waals surface area contributed by atoms with Gasteiger partial charge in [-0.1, -0.05) is 6.07 Å². The Kier molecular flexibility index (Phi) is 8.73. The third-order valence-corrected chi connectivity index (χ3v) is 5.64. The second-order valence-corrected chi connectivity index (χ2v) is 7.44. The van der Waals surface area contributed by atoms with Crippen LogP contribution in [0.1, 0.15) is 10.4 Å². The first-order chi connectivity index (χ1) is 13.2. The van der Waals surface area contributed by atoms with Crippen molar-refractivity contribution in [2.75, 3.05) is 32.1 Å². The van der Waals surface area contributed by atoms with Crippen molar-refractivity contribution >= 4 is 52.2 Å². The van der Waals surface area contributed by atoms with E-state index in [2.05, 4.69) is 20.6 Å². The van der Waals surface area contributed by atoms with Crippen LogP contribution in [0.15, 0.2) is 30.6 Å². The molecule has 10 heteroatoms. The minimum Gasteiger partial charge on any atom is -0.497 e. The molecule has 0 radical (unpaired) electrons. The Morgan fingerprint density at radius 1 is 1.28 bits per heavy atom. The molecule has 29 heavy (non-hydrogen) atoms. The predicted octanol–water partition coefficient (Wildman–Crippen LogP) is 3.04. The summed E-state index contributed by atoms with van der Waals surface area (Å²) in [5.41, 5.74) is 1.32. The maximum absolute atomic E-state index is 10.3. The van der Waals surface area contributed by atoms with Crippen molar-refractivity contribution in [3.8, 4) is 11.5 Å². The van der Waals surface area contributed by atoms with Gasteiger partial charge in [-0.05, 0) is 30.7 Å². The third-order valence-electron chi connectivity index (χ3n) is 4.50. The summed E-state index contributed by atoms with van der Waals surface area (Å²) in [5, 5.41) is 18.0. The number of nitrogens with one attached hydrogen (secondary N) is 2. The lowest BCUT2D eigenvalue weighted by Crippen LogP contribution is -2.27. The highest BCUT2D eigenvalue weighted by atomic mass is 35.5. The van der Waals surface area contributed by atoms with Crippen LogP contribution in [0.5, 0.6) is 11.5 Å². The number of anilines is 1. The lowest BCUT2D eigenvalue weighted by molar-refractivity contribution is 0.117. The molecule has 3 N–H and O–H groups in total. The molecule has 0 bridgehead atoms. The zero-order chi connectivity index (χ0) is 18.6. The maximum atomic E-state index is 10.3. The van der Waals surface area contributed by atoms with Gasteiger partial charge in [0.2, 0.25) is 0 Å². The van der Waals surface area contributed by atoms with E-state index in [-0.39, 0.29) is 31.4 Å². The normalized spacial score (nSPS) is 13.6. The molecular formula is C19H24Cl2N4O3S. The molecule has 4 rings (SSSR count). The molecule has 7 nitrogen and oxygen atoms in total. The molecule has 0 amide bonds. The zero-order valence-electron chi connectivity index (χ0n) is 15.9. The van der Waals surface area contributed by atoms with Crippen LogP contribution < -0.4 is 20.1 Å². The largest absolute Gasteiger partial charge is 0.497 e. The van der Waals surface area contributed by atoms with Crippen molar-refractivity contribution in [1.82, 2.24) is 15.3 Å². The topological polar surface area (TPSA) is 88.5 Å². The van der Waals surface area contributed by atoms with Crippen LogP contribution in [0, 0.1) is 0 Å². The number of halogens is 2. The van der Waals surface area contributed by atoms with Gasteiger partial charge in [0, 0.05) is 24.0 Å². The van der Waals surface area contributed by atoms with E-state index >= 15 is 0 Å². The van der Waals surface area contributed by atoms with Gasteiger partial charge in [0.25, 0.3) is 0 Å². The van der Waals surface area contributed by atoms with Crippen molar-refractivity contribution in [2.45, 2.75) is 19.1 Å². The standard InChI is InChI=1S/C19H22N4O3S.2ClH/c1-25-13-3-2-4-14(7-13)26-10-12(24)8-21-18-17-15-5-6-20-9-16(15)27-19(17)23-11-22-18;;/h2-4,7,11-12,20,24H,5-6,8-10H2,1H3,(H,21,22,23);2*1H. The smallest absolute Gasteiger partial charge is 0.138 e. The summed E-state index contributed by atoms with van der Waals surface area (Å²) in [6.07, 6.45) is 1.87. The second kappa shape index (κ2) is 10.8. The van der Waals surface area contributed by atoms with Crippen LogP contribution >= 0.6 is 36.2 Å². The number of aromatic nitrogens is 2. The monoisotopic (exact) mass is 458 g/mol. The lowest BCUT2D eigenvalue weighted by atomic mass is 10.1. The summed E-state index contributed by atoms with van der Waals surface area (Å²) in [4.78, 5) is 11.1. The average molecular weight is 459 g/mol. The van der Waals surface area contributed by atoms with E-state index in [1.54, 1.807) is 30.8 Å². The molecule has 0 saturated carbocycles. The molecule has 158 valence electrons. The lowest BCUT2D eigenvalue weighted by Gasteiger charge is -2.16. The molecule has 1 aliphatic rings. The number of aliphatic hydroxyl groups excluding tert-OH is 1. The van der Waals surface area contributed by atoms with E-state index in [1.807, 2.05) is 18.2 Å². The molecule has 2 aromatic heterocycles. The van der Waals surface area contributed by atoms with Gasteiger partial charge in [0.05, 0.1) is 12.5 Å². The van der Waals surface area contributed by atoms with Gasteiger partial charge in [-0.15, -0.1) is 36.2 Å². The molecule has 1 aliphatic heterocycles. The van der Waals surface area contributed by atoms with Gasteiger partial charge < -0.3 is 25.2 Å². The number of hydrogen-bond acceptors (Lipinski definition) is 8. The zero-order valence-corrected chi connectivity index (χ0v) is 18.3. The fraction of sp³-hybridized carbons (Fsp3) is 0.368. The molecule has 3 heterocycles. The maximum Gasteiger partial charge on any atom is 0.138 e. The molecule has 3 aromatic rings. The Bertz CT molecular complexity index is 941. The molecule has 0 fully saturated rings. The number of nitrogens with zero attached hydrogens (tertiary/aromatic N) is 2. The van der Waals surface area contributed by atoms with Gasteiger partial charge in [0.15, 0.2) is 0 Å². The molecule has 0 spiro atoms. The SMILES string of the molecule is COc1cccc(OCC(O)CNc2ncnc3sc4c(c23)CCNC4)c1.Cl.Cl. The molecule has 1 aromatic carbocycles. The Hall–Kier alpha value is -1.84. The molecule has 0 aliphatic carbocycles. The van der Waals surface area contributed by atoms with Crippen LogP contribution in [0.25, 0.3) is 10.2 Å². The average Bonchev–Trinajstić information content (AvgIpc) is 3.10. The van der Waals surface area contributed by atoms with Gasteiger partial charge in [-0.25, -0.2) is 9.97 Å². The molecule has 0 saturated heterocycles. The van der Waals surface area contributed by atoms with Gasteiger partial charge in [-0.3, -0.25) is 0 Å². The number of fused-ring (bicyclic) bond motifs is 3. The third kappa shape index (κ3) is 5.40. The van der Waals surface area contributed by atoms with Crippen molar-refractivity contribution < 1.29 is 14.6 Å². The van der Waals surface area contributed by atoms with Crippen molar-refractivity contribution in [2.24, 2.45) is 0 Å². The van der Waals surface area contributed by atoms with Crippen molar-refractivity contribution in [3.63, 3.8) is 0 Å². The minimum absolute atomic E-state index is 0. The molecule has 1 atom stereocenters. The van der Waals surface area contributed by atoms with E-state index in [4.69, 9.17) is 9.47 Å². The number of benzene rings is 1. The summed E-state index contributed by atoms with van der Waals surface area (Å²) in [6.45, 7) is 2.37. The number of ether oxygens (including phenoxy) is 2. The number of thiophene rings is 1. The van der Waals surface area contributed by atoms with Crippen LogP contribution in [0.3, 0.4) is 0 Å². The van der Waals surface area contributed by atoms with E-state index in [1.165, 1.54) is 10.4 Å². The molecule has 1 unspecified atom stereocenters. The fourth-order valence-electron chi connectivity index (χ4n) is 3.15. The summed E-state index contributed by atoms with van der Waals surface area (Å²) < 4.78 is 10.8. The van der Waals surface area contributed by atoms with Gasteiger partial charge in [-0.2, -0.15) is 0 Å². The van der Waals surface area contributed by atoms with Crippen LogP contribution in [-0.4, -0.2) is 48.0 Å². The van der Waals surface area contributed by atoms with Gasteiger partial charge in [0.1, 0.15) is 41.2 Å².